The summed E-state index contributed by atoms with van der Waals surface area (Å²) in [7, 11) is 0. The molecule has 0 radical (unpaired) electrons. The number of unbranched alkanes of at least 4 members (excludes halogenated alkanes) is 1. The predicted octanol–water partition coefficient (Wildman–Crippen LogP) is 2.33. The van der Waals surface area contributed by atoms with E-state index >= 15 is 0 Å². The summed E-state index contributed by atoms with van der Waals surface area (Å²) in [5, 5.41) is 12.3. The van der Waals surface area contributed by atoms with Crippen molar-refractivity contribution in [3.05, 3.63) is 29.8 Å². The van der Waals surface area contributed by atoms with Crippen LogP contribution in [0.4, 0.5) is 0 Å². The standard InChI is InChI=1S/C14H21NO3/c1-11(2)18-10-6-5-9-15-14(17)12-7-3-4-8-13(12)16/h3-4,7-8,11,16H,5-6,9-10H2,1-2H3,(H,15,17). The Labute approximate surface area is 108 Å². The summed E-state index contributed by atoms with van der Waals surface area (Å²) in [5.41, 5.74) is 0.316. The lowest BCUT2D eigenvalue weighted by atomic mass is 10.2. The molecule has 0 aliphatic carbocycles. The number of ether oxygens (including phenoxy) is 1. The van der Waals surface area contributed by atoms with Crippen molar-refractivity contribution in [2.24, 2.45) is 0 Å². The number of carbonyl (C=O) groups excluding carboxylic acids is 1. The number of nitrogens with one attached hydrogen (secondary N) is 1. The molecule has 0 aliphatic rings. The zero-order chi connectivity index (χ0) is 13.4. The lowest BCUT2D eigenvalue weighted by Gasteiger charge is -2.08. The molecular weight excluding hydrogens is 230 g/mol. The van der Waals surface area contributed by atoms with E-state index in [1.54, 1.807) is 18.2 Å². The molecule has 0 unspecified atom stereocenters. The fourth-order valence-electron chi connectivity index (χ4n) is 1.51. The first-order chi connectivity index (χ1) is 8.61. The number of para-hydroxylation sites is 1. The van der Waals surface area contributed by atoms with E-state index in [9.17, 15) is 9.90 Å². The molecule has 0 saturated heterocycles. The lowest BCUT2D eigenvalue weighted by Crippen LogP contribution is -2.24. The van der Waals surface area contributed by atoms with Crippen LogP contribution in [0.1, 0.15) is 37.0 Å². The van der Waals surface area contributed by atoms with Gasteiger partial charge < -0.3 is 15.2 Å². The van der Waals surface area contributed by atoms with Crippen molar-refractivity contribution in [1.82, 2.24) is 5.32 Å². The number of hydrogen-bond acceptors (Lipinski definition) is 3. The molecule has 2 N–H and O–H groups in total. The third-order valence-electron chi connectivity index (χ3n) is 2.46. The quantitative estimate of drug-likeness (QED) is 0.731. The highest BCUT2D eigenvalue weighted by molar-refractivity contribution is 5.96. The van der Waals surface area contributed by atoms with Gasteiger partial charge in [0, 0.05) is 13.2 Å². The number of carbonyl (C=O) groups is 1. The highest BCUT2D eigenvalue weighted by Crippen LogP contribution is 2.14. The molecule has 0 spiro atoms. The molecule has 0 aliphatic heterocycles. The summed E-state index contributed by atoms with van der Waals surface area (Å²) >= 11 is 0. The number of amides is 1. The summed E-state index contributed by atoms with van der Waals surface area (Å²) in [6, 6.07) is 6.53. The van der Waals surface area contributed by atoms with Gasteiger partial charge in [0.1, 0.15) is 5.75 Å². The van der Waals surface area contributed by atoms with Crippen molar-refractivity contribution in [2.75, 3.05) is 13.2 Å². The minimum Gasteiger partial charge on any atom is -0.507 e. The van der Waals surface area contributed by atoms with Gasteiger partial charge in [-0.25, -0.2) is 0 Å². The zero-order valence-corrected chi connectivity index (χ0v) is 11.0. The van der Waals surface area contributed by atoms with E-state index in [1.165, 1.54) is 6.07 Å². The summed E-state index contributed by atoms with van der Waals surface area (Å²) in [5.74, 6) is -0.226. The number of phenols is 1. The van der Waals surface area contributed by atoms with Crippen molar-refractivity contribution in [3.8, 4) is 5.75 Å². The van der Waals surface area contributed by atoms with E-state index in [1.807, 2.05) is 13.8 Å². The summed E-state index contributed by atoms with van der Waals surface area (Å²) in [6.45, 7) is 5.30. The molecule has 0 aromatic heterocycles. The molecule has 1 rings (SSSR count). The Kier molecular flexibility index (Phi) is 6.22. The second-order valence-corrected chi connectivity index (χ2v) is 4.40. The van der Waals surface area contributed by atoms with Gasteiger partial charge in [-0.1, -0.05) is 12.1 Å². The maximum absolute atomic E-state index is 11.7. The Morgan fingerprint density at radius 2 is 2.06 bits per heavy atom. The average Bonchev–Trinajstić information content (AvgIpc) is 2.33. The van der Waals surface area contributed by atoms with E-state index < -0.39 is 0 Å². The van der Waals surface area contributed by atoms with E-state index in [0.717, 1.165) is 12.8 Å². The van der Waals surface area contributed by atoms with Crippen LogP contribution in [0.3, 0.4) is 0 Å². The normalized spacial score (nSPS) is 10.6. The molecule has 4 heteroatoms. The van der Waals surface area contributed by atoms with Gasteiger partial charge in [-0.3, -0.25) is 4.79 Å². The fourth-order valence-corrected chi connectivity index (χ4v) is 1.51. The monoisotopic (exact) mass is 251 g/mol. The summed E-state index contributed by atoms with van der Waals surface area (Å²) in [4.78, 5) is 11.7. The van der Waals surface area contributed by atoms with Crippen molar-refractivity contribution in [2.45, 2.75) is 32.8 Å². The van der Waals surface area contributed by atoms with E-state index in [2.05, 4.69) is 5.32 Å². The van der Waals surface area contributed by atoms with Gasteiger partial charge in [0.15, 0.2) is 0 Å². The average molecular weight is 251 g/mol. The van der Waals surface area contributed by atoms with Gasteiger partial charge >= 0.3 is 0 Å². The number of aromatic hydroxyl groups is 1. The summed E-state index contributed by atoms with van der Waals surface area (Å²) < 4.78 is 5.40. The van der Waals surface area contributed by atoms with Gasteiger partial charge in [0.05, 0.1) is 11.7 Å². The Morgan fingerprint density at radius 1 is 1.33 bits per heavy atom. The van der Waals surface area contributed by atoms with Gasteiger partial charge in [-0.2, -0.15) is 0 Å². The van der Waals surface area contributed by atoms with Crippen LogP contribution < -0.4 is 5.32 Å². The van der Waals surface area contributed by atoms with Crippen molar-refractivity contribution in [1.29, 1.82) is 0 Å². The fraction of sp³-hybridized carbons (Fsp3) is 0.500. The van der Waals surface area contributed by atoms with Crippen LogP contribution in [0.5, 0.6) is 5.75 Å². The van der Waals surface area contributed by atoms with Gasteiger partial charge in [0.25, 0.3) is 5.91 Å². The van der Waals surface area contributed by atoms with E-state index in [0.29, 0.717) is 18.7 Å². The van der Waals surface area contributed by atoms with Crippen LogP contribution in [0.15, 0.2) is 24.3 Å². The molecule has 18 heavy (non-hydrogen) atoms. The van der Waals surface area contributed by atoms with Crippen molar-refractivity contribution >= 4 is 5.91 Å². The van der Waals surface area contributed by atoms with Gasteiger partial charge in [-0.15, -0.1) is 0 Å². The maximum atomic E-state index is 11.7. The van der Waals surface area contributed by atoms with E-state index in [-0.39, 0.29) is 17.8 Å². The number of benzene rings is 1. The van der Waals surface area contributed by atoms with Crippen molar-refractivity contribution in [3.63, 3.8) is 0 Å². The molecule has 0 bridgehead atoms. The largest absolute Gasteiger partial charge is 0.507 e. The van der Waals surface area contributed by atoms with Crippen molar-refractivity contribution < 1.29 is 14.6 Å². The minimum atomic E-state index is -0.238. The summed E-state index contributed by atoms with van der Waals surface area (Å²) in [6.07, 6.45) is 2.03. The molecule has 1 aromatic rings. The van der Waals surface area contributed by atoms with Crippen LogP contribution in [0, 0.1) is 0 Å². The molecule has 0 atom stereocenters. The zero-order valence-electron chi connectivity index (χ0n) is 11.0. The van der Waals surface area contributed by atoms with Crippen LogP contribution in [0.25, 0.3) is 0 Å². The molecule has 4 nitrogen and oxygen atoms in total. The first kappa shape index (κ1) is 14.5. The number of phenolic OH excluding ortho intramolecular Hbond substituents is 1. The Hall–Kier alpha value is -1.55. The molecule has 1 aromatic carbocycles. The third kappa shape index (κ3) is 5.19. The Bertz CT molecular complexity index is 377. The third-order valence-corrected chi connectivity index (χ3v) is 2.46. The Morgan fingerprint density at radius 3 is 2.72 bits per heavy atom. The van der Waals surface area contributed by atoms with Gasteiger partial charge in [0.2, 0.25) is 0 Å². The molecule has 0 fully saturated rings. The Balaban J connectivity index is 2.20. The smallest absolute Gasteiger partial charge is 0.255 e. The molecule has 100 valence electrons. The maximum Gasteiger partial charge on any atom is 0.255 e. The molecule has 1 amide bonds. The van der Waals surface area contributed by atoms with E-state index in [4.69, 9.17) is 4.74 Å². The first-order valence-corrected chi connectivity index (χ1v) is 6.29. The molecule has 0 saturated carbocycles. The number of hydrogen-bond donors (Lipinski definition) is 2. The van der Waals surface area contributed by atoms with Crippen LogP contribution >= 0.6 is 0 Å². The highest BCUT2D eigenvalue weighted by atomic mass is 16.5. The van der Waals surface area contributed by atoms with Crippen LogP contribution in [-0.4, -0.2) is 30.3 Å². The van der Waals surface area contributed by atoms with Gasteiger partial charge in [-0.05, 0) is 38.8 Å². The lowest BCUT2D eigenvalue weighted by molar-refractivity contribution is 0.0754. The minimum absolute atomic E-state index is 0.0122. The molecular formula is C14H21NO3. The molecule has 0 heterocycles. The van der Waals surface area contributed by atoms with Crippen LogP contribution in [-0.2, 0) is 4.74 Å². The predicted molar refractivity (Wildman–Crippen MR) is 70.8 cm³/mol. The number of rotatable bonds is 7. The SMILES string of the molecule is CC(C)OCCCCNC(=O)c1ccccc1O. The van der Waals surface area contributed by atoms with Crippen LogP contribution in [0.2, 0.25) is 0 Å². The topological polar surface area (TPSA) is 58.6 Å². The second kappa shape index (κ2) is 7.71. The first-order valence-electron chi connectivity index (χ1n) is 6.29. The second-order valence-electron chi connectivity index (χ2n) is 4.40. The highest BCUT2D eigenvalue weighted by Gasteiger charge is 2.08.